The van der Waals surface area contributed by atoms with E-state index in [2.05, 4.69) is 15.9 Å². The third kappa shape index (κ3) is 5.71. The molecule has 0 spiro atoms. The SMILES string of the molecule is COCOc1cc(OCOC)c(C(=O)c2ccc(OC)cc2)c(CC(=O)OC)c1Br. The molecule has 0 saturated heterocycles. The van der Waals surface area contributed by atoms with Gasteiger partial charge in [0, 0.05) is 25.8 Å². The van der Waals surface area contributed by atoms with Crippen molar-refractivity contribution in [3.8, 4) is 17.2 Å². The molecule has 30 heavy (non-hydrogen) atoms. The van der Waals surface area contributed by atoms with E-state index >= 15 is 0 Å². The van der Waals surface area contributed by atoms with Gasteiger partial charge in [-0.1, -0.05) is 0 Å². The molecule has 0 aromatic heterocycles. The fourth-order valence-corrected chi connectivity index (χ4v) is 3.21. The summed E-state index contributed by atoms with van der Waals surface area (Å²) in [4.78, 5) is 25.5. The first kappa shape index (κ1) is 23.7. The van der Waals surface area contributed by atoms with Gasteiger partial charge in [0.1, 0.15) is 17.2 Å². The smallest absolute Gasteiger partial charge is 0.310 e. The fourth-order valence-electron chi connectivity index (χ4n) is 2.64. The molecule has 0 radical (unpaired) electrons. The predicted octanol–water partition coefficient (Wildman–Crippen LogP) is 3.37. The number of carbonyl (C=O) groups excluding carboxylic acids is 2. The van der Waals surface area contributed by atoms with Gasteiger partial charge >= 0.3 is 5.97 Å². The summed E-state index contributed by atoms with van der Waals surface area (Å²) >= 11 is 3.44. The second-order valence-electron chi connectivity index (χ2n) is 5.95. The molecule has 2 aromatic carbocycles. The van der Waals surface area contributed by atoms with Crippen LogP contribution in [0.5, 0.6) is 17.2 Å². The molecular weight excluding hydrogens is 460 g/mol. The second-order valence-corrected chi connectivity index (χ2v) is 6.75. The van der Waals surface area contributed by atoms with Gasteiger partial charge in [-0.05, 0) is 45.8 Å². The fraction of sp³-hybridized carbons (Fsp3) is 0.333. The first-order valence-electron chi connectivity index (χ1n) is 8.81. The average molecular weight is 483 g/mol. The largest absolute Gasteiger partial charge is 0.497 e. The highest BCUT2D eigenvalue weighted by atomic mass is 79.9. The highest BCUT2D eigenvalue weighted by Gasteiger charge is 2.26. The van der Waals surface area contributed by atoms with E-state index in [0.717, 1.165) is 0 Å². The molecular formula is C21H23BrO8. The zero-order valence-electron chi connectivity index (χ0n) is 17.2. The maximum Gasteiger partial charge on any atom is 0.310 e. The van der Waals surface area contributed by atoms with Crippen LogP contribution in [0.2, 0.25) is 0 Å². The number of hydrogen-bond acceptors (Lipinski definition) is 8. The van der Waals surface area contributed by atoms with Gasteiger partial charge in [-0.3, -0.25) is 9.59 Å². The van der Waals surface area contributed by atoms with Crippen LogP contribution >= 0.6 is 15.9 Å². The molecule has 0 amide bonds. The van der Waals surface area contributed by atoms with Crippen molar-refractivity contribution >= 4 is 27.7 Å². The molecule has 0 bridgehead atoms. The van der Waals surface area contributed by atoms with Gasteiger partial charge < -0.3 is 28.4 Å². The molecule has 162 valence electrons. The second kappa shape index (κ2) is 11.5. The Morgan fingerprint density at radius 3 is 2.03 bits per heavy atom. The summed E-state index contributed by atoms with van der Waals surface area (Å²) in [6, 6.07) is 8.15. The first-order valence-corrected chi connectivity index (χ1v) is 9.60. The van der Waals surface area contributed by atoms with E-state index in [4.69, 9.17) is 28.4 Å². The number of halogens is 1. The molecule has 0 N–H and O–H groups in total. The highest BCUT2D eigenvalue weighted by Crippen LogP contribution is 2.39. The number of ketones is 1. The zero-order chi connectivity index (χ0) is 22.1. The van der Waals surface area contributed by atoms with Crippen LogP contribution in [-0.2, 0) is 25.4 Å². The number of ether oxygens (including phenoxy) is 6. The minimum absolute atomic E-state index is 0.0360. The summed E-state index contributed by atoms with van der Waals surface area (Å²) in [6.07, 6.45) is -0.179. The molecule has 0 unspecified atom stereocenters. The maximum absolute atomic E-state index is 13.4. The summed E-state index contributed by atoms with van der Waals surface area (Å²) in [5.74, 6) is 0.281. The van der Waals surface area contributed by atoms with E-state index < -0.39 is 5.97 Å². The lowest BCUT2D eigenvalue weighted by Crippen LogP contribution is -2.15. The van der Waals surface area contributed by atoms with E-state index in [1.165, 1.54) is 28.4 Å². The number of hydrogen-bond donors (Lipinski definition) is 0. The minimum atomic E-state index is -0.527. The average Bonchev–Trinajstić information content (AvgIpc) is 2.77. The molecule has 8 nitrogen and oxygen atoms in total. The molecule has 0 saturated carbocycles. The summed E-state index contributed by atoms with van der Waals surface area (Å²) in [6.45, 7) is -0.141. The molecule has 0 heterocycles. The van der Waals surface area contributed by atoms with Crippen molar-refractivity contribution in [2.24, 2.45) is 0 Å². The summed E-state index contributed by atoms with van der Waals surface area (Å²) in [7, 11) is 5.75. The van der Waals surface area contributed by atoms with Crippen LogP contribution in [-0.4, -0.2) is 53.8 Å². The Morgan fingerprint density at radius 1 is 0.900 bits per heavy atom. The Labute approximate surface area is 183 Å². The standard InChI is InChI=1S/C21H23BrO8/c1-25-11-29-16-10-17(30-12-26-2)20(22)15(9-18(23)28-4)19(16)21(24)13-5-7-14(27-3)8-6-13/h5-8,10H,9,11-12H2,1-4H3. The molecule has 0 fully saturated rings. The Balaban J connectivity index is 2.65. The van der Waals surface area contributed by atoms with Gasteiger partial charge in [-0.15, -0.1) is 0 Å². The van der Waals surface area contributed by atoms with Gasteiger partial charge in [0.15, 0.2) is 19.4 Å². The molecule has 9 heteroatoms. The third-order valence-corrected chi connectivity index (χ3v) is 4.95. The van der Waals surface area contributed by atoms with Crippen LogP contribution in [0.25, 0.3) is 0 Å². The number of methoxy groups -OCH3 is 4. The van der Waals surface area contributed by atoms with Crippen molar-refractivity contribution in [1.29, 1.82) is 0 Å². The van der Waals surface area contributed by atoms with Crippen molar-refractivity contribution in [3.63, 3.8) is 0 Å². The monoisotopic (exact) mass is 482 g/mol. The first-order chi connectivity index (χ1) is 14.5. The summed E-state index contributed by atoms with van der Waals surface area (Å²) < 4.78 is 31.5. The van der Waals surface area contributed by atoms with E-state index in [1.54, 1.807) is 30.3 Å². The number of carbonyl (C=O) groups is 2. The van der Waals surface area contributed by atoms with Gasteiger partial charge in [0.2, 0.25) is 0 Å². The lowest BCUT2D eigenvalue weighted by atomic mass is 9.95. The van der Waals surface area contributed by atoms with Crippen LogP contribution in [0.1, 0.15) is 21.5 Å². The number of esters is 1. The lowest BCUT2D eigenvalue weighted by Gasteiger charge is -2.19. The predicted molar refractivity (Wildman–Crippen MR) is 111 cm³/mol. The van der Waals surface area contributed by atoms with Crippen molar-refractivity contribution in [3.05, 3.63) is 51.5 Å². The van der Waals surface area contributed by atoms with Crippen LogP contribution in [0, 0.1) is 0 Å². The normalized spacial score (nSPS) is 10.4. The van der Waals surface area contributed by atoms with E-state index in [0.29, 0.717) is 27.1 Å². The minimum Gasteiger partial charge on any atom is -0.497 e. The van der Waals surface area contributed by atoms with Crippen LogP contribution in [0.3, 0.4) is 0 Å². The molecule has 0 atom stereocenters. The Hall–Kier alpha value is -2.62. The third-order valence-electron chi connectivity index (χ3n) is 4.08. The molecule has 0 aliphatic heterocycles. The highest BCUT2D eigenvalue weighted by molar-refractivity contribution is 9.10. The van der Waals surface area contributed by atoms with Gasteiger partial charge in [-0.2, -0.15) is 0 Å². The zero-order valence-corrected chi connectivity index (χ0v) is 18.7. The van der Waals surface area contributed by atoms with Crippen molar-refractivity contribution in [1.82, 2.24) is 0 Å². The molecule has 0 aliphatic rings. The van der Waals surface area contributed by atoms with Crippen LogP contribution in [0.15, 0.2) is 34.8 Å². The summed E-state index contributed by atoms with van der Waals surface area (Å²) in [5, 5.41) is 0. The topological polar surface area (TPSA) is 89.5 Å². The van der Waals surface area contributed by atoms with E-state index in [1.807, 2.05) is 0 Å². The molecule has 2 aromatic rings. The quantitative estimate of drug-likeness (QED) is 0.273. The van der Waals surface area contributed by atoms with Crippen LogP contribution in [0.4, 0.5) is 0 Å². The molecule has 0 aliphatic carbocycles. The van der Waals surface area contributed by atoms with Gasteiger partial charge in [0.25, 0.3) is 0 Å². The number of benzene rings is 2. The van der Waals surface area contributed by atoms with Crippen molar-refractivity contribution < 1.29 is 38.0 Å². The van der Waals surface area contributed by atoms with Gasteiger partial charge in [0.05, 0.1) is 30.7 Å². The van der Waals surface area contributed by atoms with E-state index in [-0.39, 0.29) is 37.1 Å². The molecule has 2 rings (SSSR count). The lowest BCUT2D eigenvalue weighted by molar-refractivity contribution is -0.139. The summed E-state index contributed by atoms with van der Waals surface area (Å²) in [5.41, 5.74) is 0.947. The van der Waals surface area contributed by atoms with Crippen LogP contribution < -0.4 is 14.2 Å². The number of rotatable bonds is 11. The maximum atomic E-state index is 13.4. The Morgan fingerprint density at radius 2 is 1.50 bits per heavy atom. The van der Waals surface area contributed by atoms with Crippen molar-refractivity contribution in [2.75, 3.05) is 42.0 Å². The van der Waals surface area contributed by atoms with E-state index in [9.17, 15) is 9.59 Å². The van der Waals surface area contributed by atoms with Gasteiger partial charge in [-0.25, -0.2) is 0 Å². The Bertz CT molecular complexity index is 880. The Kier molecular flexibility index (Phi) is 9.10. The van der Waals surface area contributed by atoms with Crippen molar-refractivity contribution in [2.45, 2.75) is 6.42 Å².